The molecule has 4 nitrogen and oxygen atoms in total. The molecule has 1 aliphatic rings. The lowest BCUT2D eigenvalue weighted by atomic mass is 10.4. The van der Waals surface area contributed by atoms with Gasteiger partial charge < -0.3 is 10.5 Å². The van der Waals surface area contributed by atoms with Crippen molar-refractivity contribution in [3.63, 3.8) is 0 Å². The van der Waals surface area contributed by atoms with E-state index in [-0.39, 0.29) is 0 Å². The Morgan fingerprint density at radius 3 is 3.08 bits per heavy atom. The van der Waals surface area contributed by atoms with Crippen LogP contribution in [0.25, 0.3) is 0 Å². The second-order valence-corrected chi connectivity index (χ2v) is 3.04. The Kier molecular flexibility index (Phi) is 1.81. The zero-order valence-electron chi connectivity index (χ0n) is 6.73. The highest BCUT2D eigenvalue weighted by Crippen LogP contribution is 2.29. The number of ether oxygens (including phenoxy) is 1. The Bertz CT molecular complexity index is 273. The van der Waals surface area contributed by atoms with Gasteiger partial charge in [-0.25, -0.2) is 9.97 Å². The number of aromatic nitrogens is 2. The average molecular weight is 165 g/mol. The summed E-state index contributed by atoms with van der Waals surface area (Å²) < 4.78 is 5.38. The van der Waals surface area contributed by atoms with E-state index in [0.29, 0.717) is 11.6 Å². The van der Waals surface area contributed by atoms with Crippen molar-refractivity contribution in [1.29, 1.82) is 0 Å². The van der Waals surface area contributed by atoms with Gasteiger partial charge in [0, 0.05) is 0 Å². The summed E-state index contributed by atoms with van der Waals surface area (Å²) in [6.07, 6.45) is 5.53. The van der Waals surface area contributed by atoms with Gasteiger partial charge in [0.15, 0.2) is 0 Å². The van der Waals surface area contributed by atoms with Crippen LogP contribution in [0.1, 0.15) is 12.8 Å². The molecule has 0 amide bonds. The van der Waals surface area contributed by atoms with Gasteiger partial charge >= 0.3 is 0 Å². The molecule has 0 aromatic carbocycles. The predicted octanol–water partition coefficient (Wildman–Crippen LogP) is 0.848. The molecule has 0 spiro atoms. The fraction of sp³-hybridized carbons (Fsp3) is 0.500. The Balaban J connectivity index is 1.96. The van der Waals surface area contributed by atoms with E-state index in [9.17, 15) is 0 Å². The molecule has 0 saturated heterocycles. The summed E-state index contributed by atoms with van der Waals surface area (Å²) in [5.74, 6) is 1.23. The summed E-state index contributed by atoms with van der Waals surface area (Å²) in [6.45, 7) is 0.737. The molecular formula is C8H11N3O. The third-order valence-electron chi connectivity index (χ3n) is 1.85. The molecule has 4 heteroatoms. The molecule has 64 valence electrons. The molecule has 0 bridgehead atoms. The second-order valence-electron chi connectivity index (χ2n) is 3.04. The van der Waals surface area contributed by atoms with Gasteiger partial charge in [-0.1, -0.05) is 0 Å². The maximum absolute atomic E-state index is 5.58. The highest BCUT2D eigenvalue weighted by molar-refractivity contribution is 5.44. The van der Waals surface area contributed by atoms with Gasteiger partial charge in [0.1, 0.15) is 12.0 Å². The molecule has 1 aromatic heterocycles. The molecule has 1 heterocycles. The summed E-state index contributed by atoms with van der Waals surface area (Å²) in [5, 5.41) is 0. The Labute approximate surface area is 70.8 Å². The van der Waals surface area contributed by atoms with Crippen molar-refractivity contribution < 1.29 is 4.74 Å². The molecular weight excluding hydrogens is 154 g/mol. The standard InChI is InChI=1S/C8H11N3O/c9-7-3-10-5-11-8(7)12-4-6-1-2-6/h3,5-6H,1-2,4,9H2. The summed E-state index contributed by atoms with van der Waals surface area (Å²) in [4.78, 5) is 7.69. The van der Waals surface area contributed by atoms with E-state index in [1.807, 2.05) is 0 Å². The minimum absolute atomic E-state index is 0.511. The maximum Gasteiger partial charge on any atom is 0.240 e. The van der Waals surface area contributed by atoms with Crippen LogP contribution >= 0.6 is 0 Å². The minimum atomic E-state index is 0.511. The fourth-order valence-corrected chi connectivity index (χ4v) is 0.931. The first-order valence-electron chi connectivity index (χ1n) is 4.04. The van der Waals surface area contributed by atoms with Crippen LogP contribution in [-0.2, 0) is 0 Å². The summed E-state index contributed by atoms with van der Waals surface area (Å²) >= 11 is 0. The molecule has 1 aliphatic carbocycles. The van der Waals surface area contributed by atoms with Gasteiger partial charge in [-0.15, -0.1) is 0 Å². The Morgan fingerprint density at radius 1 is 1.58 bits per heavy atom. The first kappa shape index (κ1) is 7.34. The van der Waals surface area contributed by atoms with Gasteiger partial charge in [0.05, 0.1) is 12.8 Å². The van der Waals surface area contributed by atoms with E-state index in [4.69, 9.17) is 10.5 Å². The number of hydrogen-bond donors (Lipinski definition) is 1. The zero-order valence-corrected chi connectivity index (χ0v) is 6.73. The molecule has 0 radical (unpaired) electrons. The van der Waals surface area contributed by atoms with E-state index in [1.54, 1.807) is 6.20 Å². The van der Waals surface area contributed by atoms with Crippen molar-refractivity contribution in [2.75, 3.05) is 12.3 Å². The van der Waals surface area contributed by atoms with Crippen molar-refractivity contribution in [3.8, 4) is 5.88 Å². The van der Waals surface area contributed by atoms with E-state index in [1.165, 1.54) is 19.2 Å². The fourth-order valence-electron chi connectivity index (χ4n) is 0.931. The van der Waals surface area contributed by atoms with Crippen molar-refractivity contribution in [3.05, 3.63) is 12.5 Å². The van der Waals surface area contributed by atoms with Gasteiger partial charge in [-0.2, -0.15) is 0 Å². The third kappa shape index (κ3) is 1.64. The van der Waals surface area contributed by atoms with Crippen LogP contribution in [0.3, 0.4) is 0 Å². The summed E-state index contributed by atoms with van der Waals surface area (Å²) in [7, 11) is 0. The highest BCUT2D eigenvalue weighted by Gasteiger charge is 2.22. The molecule has 2 N–H and O–H groups in total. The lowest BCUT2D eigenvalue weighted by molar-refractivity contribution is 0.289. The lowest BCUT2D eigenvalue weighted by Gasteiger charge is -2.04. The van der Waals surface area contributed by atoms with Gasteiger partial charge in [0.2, 0.25) is 5.88 Å². The third-order valence-corrected chi connectivity index (χ3v) is 1.85. The van der Waals surface area contributed by atoms with E-state index >= 15 is 0 Å². The van der Waals surface area contributed by atoms with E-state index in [0.717, 1.165) is 12.5 Å². The molecule has 2 rings (SSSR count). The molecule has 0 atom stereocenters. The van der Waals surface area contributed by atoms with Crippen molar-refractivity contribution >= 4 is 5.69 Å². The van der Waals surface area contributed by atoms with Gasteiger partial charge in [-0.3, -0.25) is 0 Å². The minimum Gasteiger partial charge on any atom is -0.476 e. The number of anilines is 1. The normalized spacial score (nSPS) is 16.0. The number of nitrogens with two attached hydrogens (primary N) is 1. The summed E-state index contributed by atoms with van der Waals surface area (Å²) in [6, 6.07) is 0. The zero-order chi connectivity index (χ0) is 8.39. The first-order chi connectivity index (χ1) is 5.86. The molecule has 1 fully saturated rings. The Morgan fingerprint density at radius 2 is 2.42 bits per heavy atom. The first-order valence-corrected chi connectivity index (χ1v) is 4.04. The van der Waals surface area contributed by atoms with E-state index in [2.05, 4.69) is 9.97 Å². The monoisotopic (exact) mass is 165 g/mol. The molecule has 1 aromatic rings. The molecule has 0 unspecified atom stereocenters. The smallest absolute Gasteiger partial charge is 0.240 e. The largest absolute Gasteiger partial charge is 0.476 e. The van der Waals surface area contributed by atoms with Crippen LogP contribution in [0.4, 0.5) is 5.69 Å². The lowest BCUT2D eigenvalue weighted by Crippen LogP contribution is -2.03. The number of nitrogen functional groups attached to an aromatic ring is 1. The molecule has 1 saturated carbocycles. The van der Waals surface area contributed by atoms with Crippen molar-refractivity contribution in [1.82, 2.24) is 9.97 Å². The highest BCUT2D eigenvalue weighted by atomic mass is 16.5. The van der Waals surface area contributed by atoms with Crippen LogP contribution in [-0.4, -0.2) is 16.6 Å². The van der Waals surface area contributed by atoms with Crippen LogP contribution in [0.15, 0.2) is 12.5 Å². The quantitative estimate of drug-likeness (QED) is 0.721. The topological polar surface area (TPSA) is 61.0 Å². The number of nitrogens with zero attached hydrogens (tertiary/aromatic N) is 2. The van der Waals surface area contributed by atoms with Gasteiger partial charge in [0.25, 0.3) is 0 Å². The molecule has 12 heavy (non-hydrogen) atoms. The maximum atomic E-state index is 5.58. The predicted molar refractivity (Wildman–Crippen MR) is 44.7 cm³/mol. The summed E-state index contributed by atoms with van der Waals surface area (Å²) in [5.41, 5.74) is 6.09. The van der Waals surface area contributed by atoms with Crippen LogP contribution in [0, 0.1) is 5.92 Å². The van der Waals surface area contributed by atoms with E-state index < -0.39 is 0 Å². The van der Waals surface area contributed by atoms with Crippen LogP contribution < -0.4 is 10.5 Å². The average Bonchev–Trinajstić information content (AvgIpc) is 2.86. The SMILES string of the molecule is Nc1cncnc1OCC1CC1. The number of hydrogen-bond acceptors (Lipinski definition) is 4. The second kappa shape index (κ2) is 2.97. The Hall–Kier alpha value is -1.32. The molecule has 0 aliphatic heterocycles. The van der Waals surface area contributed by atoms with Crippen molar-refractivity contribution in [2.45, 2.75) is 12.8 Å². The van der Waals surface area contributed by atoms with Crippen molar-refractivity contribution in [2.24, 2.45) is 5.92 Å². The van der Waals surface area contributed by atoms with Crippen LogP contribution in [0.5, 0.6) is 5.88 Å². The van der Waals surface area contributed by atoms with Crippen LogP contribution in [0.2, 0.25) is 0 Å². The van der Waals surface area contributed by atoms with Gasteiger partial charge in [-0.05, 0) is 18.8 Å². The number of rotatable bonds is 3.